The minimum Gasteiger partial charge on any atom is -0.308 e. The first-order valence-electron chi connectivity index (χ1n) is 16.8. The molecule has 0 spiro atoms. The predicted molar refractivity (Wildman–Crippen MR) is 204 cm³/mol. The van der Waals surface area contributed by atoms with Gasteiger partial charge < -0.3 is 4.57 Å². The molecule has 0 saturated heterocycles. The average Bonchev–Trinajstić information content (AvgIpc) is 3.67. The third-order valence-electron chi connectivity index (χ3n) is 9.76. The van der Waals surface area contributed by atoms with Gasteiger partial charge >= 0.3 is 0 Å². The van der Waals surface area contributed by atoms with Crippen molar-refractivity contribution < 1.29 is 9.59 Å². The van der Waals surface area contributed by atoms with E-state index in [2.05, 4.69) is 18.2 Å². The molecule has 9 rings (SSSR count). The molecule has 1 aliphatic heterocycles. The van der Waals surface area contributed by atoms with E-state index in [-0.39, 0.29) is 11.8 Å². The van der Waals surface area contributed by atoms with Crippen LogP contribution in [-0.2, 0) is 0 Å². The lowest BCUT2D eigenvalue weighted by atomic mass is 9.97. The Morgan fingerprint density at radius 2 is 1.06 bits per heavy atom. The van der Waals surface area contributed by atoms with Gasteiger partial charge in [-0.25, -0.2) is 4.90 Å². The molecule has 0 aliphatic carbocycles. The van der Waals surface area contributed by atoms with E-state index in [1.807, 2.05) is 132 Å². The van der Waals surface area contributed by atoms with Gasteiger partial charge in [-0.15, -0.1) is 0 Å². The topological polar surface area (TPSA) is 89.9 Å². The number of para-hydroxylation sites is 1. The number of hydrogen-bond donors (Lipinski definition) is 0. The maximum absolute atomic E-state index is 14.7. The fourth-order valence-corrected chi connectivity index (χ4v) is 7.40. The highest BCUT2D eigenvalue weighted by Gasteiger charge is 2.40. The molecule has 8 aromatic rings. The lowest BCUT2D eigenvalue weighted by molar-refractivity contribution is 0.0926. The summed E-state index contributed by atoms with van der Waals surface area (Å²) >= 11 is 0. The number of rotatable bonds is 5. The number of hydrogen-bond acceptors (Lipinski definition) is 4. The van der Waals surface area contributed by atoms with Gasteiger partial charge in [0.05, 0.1) is 56.8 Å². The number of carbonyl (C=O) groups excluding carboxylic acids is 2. The van der Waals surface area contributed by atoms with Crippen molar-refractivity contribution in [3.63, 3.8) is 0 Å². The van der Waals surface area contributed by atoms with E-state index in [1.54, 1.807) is 24.3 Å². The van der Waals surface area contributed by atoms with Crippen LogP contribution in [0.3, 0.4) is 0 Å². The second kappa shape index (κ2) is 12.1. The molecule has 6 nitrogen and oxygen atoms in total. The first kappa shape index (κ1) is 30.5. The molecule has 0 bridgehead atoms. The smallest absolute Gasteiger partial charge is 0.268 e. The standard InChI is InChI=1S/C46H26N4O2/c47-27-29-22-30(28-48)24-35(23-29)34-19-21-42-39(26-34)36-14-7-8-16-40(36)49(42)43-17-9-15-37-44(43)46(52)50(45(37)51)41-20-18-33(31-10-3-1-4-11-31)25-38(41)32-12-5-2-6-13-32/h1-26H. The van der Waals surface area contributed by atoms with Gasteiger partial charge in [-0.2, -0.15) is 10.5 Å². The van der Waals surface area contributed by atoms with E-state index in [9.17, 15) is 20.1 Å². The van der Waals surface area contributed by atoms with Gasteiger partial charge in [0.15, 0.2) is 0 Å². The highest BCUT2D eigenvalue weighted by atomic mass is 16.2. The highest BCUT2D eigenvalue weighted by Crippen LogP contribution is 2.42. The van der Waals surface area contributed by atoms with Crippen LogP contribution in [0.2, 0.25) is 0 Å². The van der Waals surface area contributed by atoms with Crippen molar-refractivity contribution in [2.24, 2.45) is 0 Å². The largest absolute Gasteiger partial charge is 0.308 e. The van der Waals surface area contributed by atoms with E-state index in [0.29, 0.717) is 33.6 Å². The molecular formula is C46H26N4O2. The van der Waals surface area contributed by atoms with E-state index in [1.165, 1.54) is 4.90 Å². The maximum atomic E-state index is 14.7. The average molecular weight is 667 g/mol. The van der Waals surface area contributed by atoms with Gasteiger partial charge in [0.25, 0.3) is 11.8 Å². The first-order valence-corrected chi connectivity index (χ1v) is 16.8. The summed E-state index contributed by atoms with van der Waals surface area (Å²) in [5.74, 6) is -0.764. The van der Waals surface area contributed by atoms with Gasteiger partial charge in [0.1, 0.15) is 0 Å². The van der Waals surface area contributed by atoms with Crippen molar-refractivity contribution in [2.45, 2.75) is 0 Å². The summed E-state index contributed by atoms with van der Waals surface area (Å²) in [7, 11) is 0. The van der Waals surface area contributed by atoms with Crippen molar-refractivity contribution in [3.05, 3.63) is 180 Å². The Morgan fingerprint density at radius 1 is 0.423 bits per heavy atom. The summed E-state index contributed by atoms with van der Waals surface area (Å²) in [5, 5.41) is 21.1. The minimum atomic E-state index is -0.389. The van der Waals surface area contributed by atoms with Gasteiger partial charge in [0, 0.05) is 16.3 Å². The Kier molecular flexibility index (Phi) is 7.10. The SMILES string of the molecule is N#Cc1cc(C#N)cc(-c2ccc3c(c2)c2ccccc2n3-c2cccc3c2C(=O)N(c2ccc(-c4ccccc4)cc2-c2ccccc2)C3=O)c1. The summed E-state index contributed by atoms with van der Waals surface area (Å²) in [4.78, 5) is 30.4. The first-order chi connectivity index (χ1) is 25.5. The van der Waals surface area contributed by atoms with E-state index < -0.39 is 0 Å². The van der Waals surface area contributed by atoms with E-state index in [0.717, 1.165) is 55.2 Å². The number of aromatic nitrogens is 1. The maximum Gasteiger partial charge on any atom is 0.268 e. The molecule has 0 unspecified atom stereocenters. The zero-order valence-corrected chi connectivity index (χ0v) is 27.6. The molecule has 0 radical (unpaired) electrons. The summed E-state index contributed by atoms with van der Waals surface area (Å²) < 4.78 is 2.05. The Hall–Kier alpha value is -7.54. The van der Waals surface area contributed by atoms with Crippen molar-refractivity contribution in [1.29, 1.82) is 10.5 Å². The fourth-order valence-electron chi connectivity index (χ4n) is 7.40. The second-order valence-electron chi connectivity index (χ2n) is 12.7. The van der Waals surface area contributed by atoms with Crippen molar-refractivity contribution >= 4 is 39.3 Å². The molecule has 52 heavy (non-hydrogen) atoms. The van der Waals surface area contributed by atoms with Crippen molar-refractivity contribution in [2.75, 3.05) is 4.90 Å². The molecule has 1 aromatic heterocycles. The lowest BCUT2D eigenvalue weighted by Crippen LogP contribution is -2.30. The van der Waals surface area contributed by atoms with Gasteiger partial charge in [0.2, 0.25) is 0 Å². The van der Waals surface area contributed by atoms with Crippen molar-refractivity contribution in [3.8, 4) is 51.2 Å². The van der Waals surface area contributed by atoms with Crippen LogP contribution in [0.1, 0.15) is 31.8 Å². The van der Waals surface area contributed by atoms with Crippen LogP contribution in [0.5, 0.6) is 0 Å². The molecule has 0 fully saturated rings. The second-order valence-corrected chi connectivity index (χ2v) is 12.7. The Bertz CT molecular complexity index is 2830. The number of fused-ring (bicyclic) bond motifs is 4. The zero-order valence-electron chi connectivity index (χ0n) is 27.6. The number of nitriles is 2. The minimum absolute atomic E-state index is 0.339. The molecule has 2 amide bonds. The number of amides is 2. The molecule has 2 heterocycles. The molecule has 242 valence electrons. The molecule has 0 atom stereocenters. The lowest BCUT2D eigenvalue weighted by Gasteiger charge is -2.20. The molecule has 0 saturated carbocycles. The highest BCUT2D eigenvalue weighted by molar-refractivity contribution is 6.36. The molecule has 7 aromatic carbocycles. The Balaban J connectivity index is 1.21. The Labute approximate surface area is 299 Å². The van der Waals surface area contributed by atoms with E-state index >= 15 is 0 Å². The summed E-state index contributed by atoms with van der Waals surface area (Å²) in [5.41, 5.74) is 9.67. The van der Waals surface area contributed by atoms with Crippen LogP contribution in [-0.4, -0.2) is 16.4 Å². The number of imide groups is 1. The van der Waals surface area contributed by atoms with Crippen LogP contribution in [0.4, 0.5) is 5.69 Å². The van der Waals surface area contributed by atoms with Gasteiger partial charge in [-0.1, -0.05) is 97.1 Å². The normalized spacial score (nSPS) is 12.2. The number of anilines is 1. The van der Waals surface area contributed by atoms with Crippen LogP contribution in [0, 0.1) is 22.7 Å². The summed E-state index contributed by atoms with van der Waals surface area (Å²) in [6, 6.07) is 54.6. The Morgan fingerprint density at radius 3 is 1.79 bits per heavy atom. The fraction of sp³-hybridized carbons (Fsp3) is 0. The monoisotopic (exact) mass is 666 g/mol. The number of nitrogens with zero attached hydrogens (tertiary/aromatic N) is 4. The van der Waals surface area contributed by atoms with Crippen LogP contribution in [0.15, 0.2) is 158 Å². The zero-order chi connectivity index (χ0) is 35.3. The quantitative estimate of drug-likeness (QED) is 0.171. The van der Waals surface area contributed by atoms with Crippen LogP contribution in [0.25, 0.3) is 60.9 Å². The number of benzene rings is 7. The summed E-state index contributed by atoms with van der Waals surface area (Å²) in [6.45, 7) is 0. The summed E-state index contributed by atoms with van der Waals surface area (Å²) in [6.07, 6.45) is 0. The third-order valence-corrected chi connectivity index (χ3v) is 9.76. The third kappa shape index (κ3) is 4.79. The van der Waals surface area contributed by atoms with E-state index in [4.69, 9.17) is 0 Å². The van der Waals surface area contributed by atoms with Gasteiger partial charge in [-0.3, -0.25) is 9.59 Å². The predicted octanol–water partition coefficient (Wildman–Crippen LogP) is 10.3. The molecule has 6 heteroatoms. The van der Waals surface area contributed by atoms with Crippen molar-refractivity contribution in [1.82, 2.24) is 4.57 Å². The molecule has 1 aliphatic rings. The van der Waals surface area contributed by atoms with Gasteiger partial charge in [-0.05, 0) is 88.5 Å². The molecular weight excluding hydrogens is 641 g/mol. The van der Waals surface area contributed by atoms with Crippen LogP contribution >= 0.6 is 0 Å². The number of carbonyl (C=O) groups is 2. The molecule has 0 N–H and O–H groups in total. The van der Waals surface area contributed by atoms with Crippen LogP contribution < -0.4 is 4.90 Å².